The van der Waals surface area contributed by atoms with E-state index >= 15 is 0 Å². The van der Waals surface area contributed by atoms with Crippen molar-refractivity contribution in [1.82, 2.24) is 0 Å². The van der Waals surface area contributed by atoms with Crippen LogP contribution < -0.4 is 16.2 Å². The SMILES string of the molecule is NCC(N)c1ccc(OCc2ccccc2)cc1Cl. The van der Waals surface area contributed by atoms with E-state index in [9.17, 15) is 0 Å². The predicted molar refractivity (Wildman–Crippen MR) is 78.2 cm³/mol. The zero-order valence-electron chi connectivity index (χ0n) is 10.6. The molecule has 0 saturated carbocycles. The summed E-state index contributed by atoms with van der Waals surface area (Å²) < 4.78 is 5.68. The van der Waals surface area contributed by atoms with Gasteiger partial charge in [0.25, 0.3) is 0 Å². The van der Waals surface area contributed by atoms with E-state index in [2.05, 4.69) is 0 Å². The van der Waals surface area contributed by atoms with Crippen LogP contribution >= 0.6 is 11.6 Å². The molecule has 4 heteroatoms. The highest BCUT2D eigenvalue weighted by molar-refractivity contribution is 6.31. The van der Waals surface area contributed by atoms with Gasteiger partial charge in [-0.2, -0.15) is 0 Å². The van der Waals surface area contributed by atoms with Crippen molar-refractivity contribution in [1.29, 1.82) is 0 Å². The maximum absolute atomic E-state index is 6.17. The highest BCUT2D eigenvalue weighted by Crippen LogP contribution is 2.26. The molecule has 0 aliphatic carbocycles. The van der Waals surface area contributed by atoms with Crippen LogP contribution in [0.3, 0.4) is 0 Å². The van der Waals surface area contributed by atoms with E-state index in [1.807, 2.05) is 42.5 Å². The van der Waals surface area contributed by atoms with Crippen LogP contribution in [0.5, 0.6) is 5.75 Å². The van der Waals surface area contributed by atoms with Gasteiger partial charge in [-0.05, 0) is 23.3 Å². The van der Waals surface area contributed by atoms with Crippen LogP contribution in [0.1, 0.15) is 17.2 Å². The summed E-state index contributed by atoms with van der Waals surface area (Å²) in [6.45, 7) is 0.878. The topological polar surface area (TPSA) is 61.3 Å². The Morgan fingerprint density at radius 1 is 1.11 bits per heavy atom. The van der Waals surface area contributed by atoms with E-state index < -0.39 is 0 Å². The van der Waals surface area contributed by atoms with E-state index in [1.54, 1.807) is 6.07 Å². The van der Waals surface area contributed by atoms with E-state index in [1.165, 1.54) is 0 Å². The summed E-state index contributed by atoms with van der Waals surface area (Å²) in [5, 5.41) is 0.587. The Morgan fingerprint density at radius 3 is 2.47 bits per heavy atom. The summed E-state index contributed by atoms with van der Waals surface area (Å²) in [6, 6.07) is 15.2. The third-order valence-corrected chi connectivity index (χ3v) is 3.20. The molecule has 0 radical (unpaired) electrons. The van der Waals surface area contributed by atoms with Gasteiger partial charge in [0.2, 0.25) is 0 Å². The molecule has 100 valence electrons. The summed E-state index contributed by atoms with van der Waals surface area (Å²) in [6.07, 6.45) is 0. The largest absolute Gasteiger partial charge is 0.489 e. The molecule has 2 aromatic carbocycles. The van der Waals surface area contributed by atoms with Crippen molar-refractivity contribution in [2.24, 2.45) is 11.5 Å². The fraction of sp³-hybridized carbons (Fsp3) is 0.200. The second-order valence-corrected chi connectivity index (χ2v) is 4.71. The lowest BCUT2D eigenvalue weighted by Crippen LogP contribution is -2.21. The van der Waals surface area contributed by atoms with Crippen LogP contribution in [-0.4, -0.2) is 6.54 Å². The molecule has 19 heavy (non-hydrogen) atoms. The van der Waals surface area contributed by atoms with Gasteiger partial charge in [-0.1, -0.05) is 48.0 Å². The predicted octanol–water partition coefficient (Wildman–Crippen LogP) is 2.88. The third kappa shape index (κ3) is 3.70. The molecule has 2 aromatic rings. The standard InChI is InChI=1S/C15H17ClN2O/c16-14-8-12(6-7-13(14)15(18)9-17)19-10-11-4-2-1-3-5-11/h1-8,15H,9-10,17-18H2. The van der Waals surface area contributed by atoms with E-state index in [4.69, 9.17) is 27.8 Å². The highest BCUT2D eigenvalue weighted by atomic mass is 35.5. The van der Waals surface area contributed by atoms with Crippen LogP contribution in [0.4, 0.5) is 0 Å². The number of halogens is 1. The summed E-state index contributed by atoms with van der Waals surface area (Å²) in [7, 11) is 0. The van der Waals surface area contributed by atoms with Gasteiger partial charge in [-0.15, -0.1) is 0 Å². The second-order valence-electron chi connectivity index (χ2n) is 4.30. The first kappa shape index (κ1) is 13.9. The Morgan fingerprint density at radius 2 is 1.84 bits per heavy atom. The molecule has 1 unspecified atom stereocenters. The van der Waals surface area contributed by atoms with Gasteiger partial charge in [0, 0.05) is 17.6 Å². The fourth-order valence-corrected chi connectivity index (χ4v) is 2.08. The van der Waals surface area contributed by atoms with Crippen LogP contribution in [-0.2, 0) is 6.61 Å². The molecular formula is C15H17ClN2O. The molecule has 4 N–H and O–H groups in total. The quantitative estimate of drug-likeness (QED) is 0.883. The van der Waals surface area contributed by atoms with Crippen molar-refractivity contribution >= 4 is 11.6 Å². The molecule has 0 aromatic heterocycles. The molecule has 0 bridgehead atoms. The molecular weight excluding hydrogens is 260 g/mol. The van der Waals surface area contributed by atoms with Crippen molar-refractivity contribution in [3.05, 3.63) is 64.7 Å². The summed E-state index contributed by atoms with van der Waals surface area (Å²) in [4.78, 5) is 0. The van der Waals surface area contributed by atoms with Crippen molar-refractivity contribution in [2.75, 3.05) is 6.54 Å². The van der Waals surface area contributed by atoms with E-state index in [0.717, 1.165) is 16.9 Å². The minimum atomic E-state index is -0.240. The van der Waals surface area contributed by atoms with Gasteiger partial charge in [-0.3, -0.25) is 0 Å². The van der Waals surface area contributed by atoms with Gasteiger partial charge in [-0.25, -0.2) is 0 Å². The lowest BCUT2D eigenvalue weighted by molar-refractivity contribution is 0.306. The molecule has 0 aliphatic rings. The number of rotatable bonds is 5. The van der Waals surface area contributed by atoms with Crippen LogP contribution in [0, 0.1) is 0 Å². The Bertz CT molecular complexity index is 531. The molecule has 0 saturated heterocycles. The van der Waals surface area contributed by atoms with Gasteiger partial charge in [0.05, 0.1) is 0 Å². The van der Waals surface area contributed by atoms with Crippen LogP contribution in [0.2, 0.25) is 5.02 Å². The zero-order chi connectivity index (χ0) is 13.7. The molecule has 1 atom stereocenters. The summed E-state index contributed by atoms with van der Waals surface area (Å²) in [5.41, 5.74) is 13.3. The molecule has 3 nitrogen and oxygen atoms in total. The molecule has 0 heterocycles. The summed E-state index contributed by atoms with van der Waals surface area (Å²) >= 11 is 6.17. The first-order valence-corrected chi connectivity index (χ1v) is 6.50. The first-order chi connectivity index (χ1) is 9.20. The van der Waals surface area contributed by atoms with Crippen LogP contribution in [0.25, 0.3) is 0 Å². The summed E-state index contributed by atoms with van der Waals surface area (Å²) in [5.74, 6) is 0.724. The van der Waals surface area contributed by atoms with Gasteiger partial charge < -0.3 is 16.2 Å². The third-order valence-electron chi connectivity index (χ3n) is 2.87. The Labute approximate surface area is 118 Å². The molecule has 0 aliphatic heterocycles. The first-order valence-electron chi connectivity index (χ1n) is 6.12. The zero-order valence-corrected chi connectivity index (χ0v) is 11.3. The van der Waals surface area contributed by atoms with Gasteiger partial charge in [0.15, 0.2) is 0 Å². The Balaban J connectivity index is 2.04. The number of hydrogen-bond donors (Lipinski definition) is 2. The normalized spacial score (nSPS) is 12.2. The van der Waals surface area contributed by atoms with Crippen molar-refractivity contribution in [3.63, 3.8) is 0 Å². The monoisotopic (exact) mass is 276 g/mol. The number of ether oxygens (including phenoxy) is 1. The average Bonchev–Trinajstić information content (AvgIpc) is 2.45. The minimum absolute atomic E-state index is 0.240. The fourth-order valence-electron chi connectivity index (χ4n) is 1.77. The molecule has 0 spiro atoms. The average molecular weight is 277 g/mol. The lowest BCUT2D eigenvalue weighted by Gasteiger charge is -2.13. The van der Waals surface area contributed by atoms with Gasteiger partial charge in [0.1, 0.15) is 12.4 Å². The second kappa shape index (κ2) is 6.57. The van der Waals surface area contributed by atoms with Crippen molar-refractivity contribution in [2.45, 2.75) is 12.6 Å². The number of benzene rings is 2. The molecule has 2 rings (SSSR count). The highest BCUT2D eigenvalue weighted by Gasteiger charge is 2.09. The van der Waals surface area contributed by atoms with Crippen LogP contribution in [0.15, 0.2) is 48.5 Å². The smallest absolute Gasteiger partial charge is 0.121 e. The number of hydrogen-bond acceptors (Lipinski definition) is 3. The molecule has 0 fully saturated rings. The van der Waals surface area contributed by atoms with E-state index in [-0.39, 0.29) is 6.04 Å². The number of nitrogens with two attached hydrogens (primary N) is 2. The maximum Gasteiger partial charge on any atom is 0.121 e. The van der Waals surface area contributed by atoms with Crippen molar-refractivity contribution < 1.29 is 4.74 Å². The minimum Gasteiger partial charge on any atom is -0.489 e. The lowest BCUT2D eigenvalue weighted by atomic mass is 10.1. The Hall–Kier alpha value is -1.55. The van der Waals surface area contributed by atoms with E-state index in [0.29, 0.717) is 18.2 Å². The Kier molecular flexibility index (Phi) is 4.80. The molecule has 0 amide bonds. The van der Waals surface area contributed by atoms with Gasteiger partial charge >= 0.3 is 0 Å². The van der Waals surface area contributed by atoms with Crippen molar-refractivity contribution in [3.8, 4) is 5.75 Å². The maximum atomic E-state index is 6.17.